The van der Waals surface area contributed by atoms with E-state index in [1.807, 2.05) is 17.0 Å². The Morgan fingerprint density at radius 1 is 1.40 bits per heavy atom. The molecule has 4 nitrogen and oxygen atoms in total. The molecule has 0 aliphatic carbocycles. The van der Waals surface area contributed by atoms with Gasteiger partial charge in [-0.2, -0.15) is 0 Å². The Labute approximate surface area is 127 Å². The summed E-state index contributed by atoms with van der Waals surface area (Å²) in [7, 11) is 0. The molecule has 0 radical (unpaired) electrons. The number of hydrogen-bond acceptors (Lipinski definition) is 3. The summed E-state index contributed by atoms with van der Waals surface area (Å²) in [6.07, 6.45) is 2.67. The zero-order valence-electron chi connectivity index (χ0n) is 11.3. The van der Waals surface area contributed by atoms with E-state index in [0.29, 0.717) is 0 Å². The number of amides is 1. The highest BCUT2D eigenvalue weighted by molar-refractivity contribution is 9.10. The molecule has 2 heterocycles. The van der Waals surface area contributed by atoms with Crippen molar-refractivity contribution in [1.82, 2.24) is 0 Å². The molecule has 0 aromatic heterocycles. The van der Waals surface area contributed by atoms with Gasteiger partial charge in [-0.25, -0.2) is 0 Å². The van der Waals surface area contributed by atoms with E-state index in [1.54, 1.807) is 0 Å². The van der Waals surface area contributed by atoms with E-state index >= 15 is 0 Å². The van der Waals surface area contributed by atoms with Crippen LogP contribution in [0.4, 0.5) is 5.69 Å². The first-order valence-electron chi connectivity index (χ1n) is 7.10. The molecule has 2 N–H and O–H groups in total. The summed E-state index contributed by atoms with van der Waals surface area (Å²) in [6, 6.07) is 5.65. The molecule has 1 aromatic rings. The monoisotopic (exact) mass is 338 g/mol. The lowest BCUT2D eigenvalue weighted by molar-refractivity contribution is -0.121. The minimum Gasteiger partial charge on any atom is -0.381 e. The second-order valence-electron chi connectivity index (χ2n) is 5.49. The van der Waals surface area contributed by atoms with Crippen LogP contribution in [0.5, 0.6) is 0 Å². The number of nitrogens with two attached hydrogens (primary N) is 1. The van der Waals surface area contributed by atoms with Crippen molar-refractivity contribution < 1.29 is 9.53 Å². The summed E-state index contributed by atoms with van der Waals surface area (Å²) in [6.45, 7) is 2.17. The summed E-state index contributed by atoms with van der Waals surface area (Å²) in [5, 5.41) is 0. The Hall–Kier alpha value is -0.910. The van der Waals surface area contributed by atoms with Gasteiger partial charge in [0.05, 0.1) is 6.04 Å². The maximum absolute atomic E-state index is 12.6. The van der Waals surface area contributed by atoms with Crippen molar-refractivity contribution >= 4 is 27.5 Å². The lowest BCUT2D eigenvalue weighted by atomic mass is 9.91. The van der Waals surface area contributed by atoms with Crippen LogP contribution in [0.1, 0.15) is 18.4 Å². The van der Waals surface area contributed by atoms with Crippen LogP contribution in [0.2, 0.25) is 0 Å². The number of fused-ring (bicyclic) bond motifs is 1. The normalized spacial score (nSPS) is 20.8. The van der Waals surface area contributed by atoms with Crippen molar-refractivity contribution in [1.29, 1.82) is 0 Å². The van der Waals surface area contributed by atoms with Gasteiger partial charge in [-0.05, 0) is 48.9 Å². The molecule has 2 aliphatic rings. The molecule has 5 heteroatoms. The Balaban J connectivity index is 1.75. The van der Waals surface area contributed by atoms with E-state index in [9.17, 15) is 4.79 Å². The molecule has 0 spiro atoms. The van der Waals surface area contributed by atoms with Gasteiger partial charge in [0, 0.05) is 29.9 Å². The van der Waals surface area contributed by atoms with E-state index in [4.69, 9.17) is 10.5 Å². The molecule has 1 amide bonds. The quantitative estimate of drug-likeness (QED) is 0.898. The van der Waals surface area contributed by atoms with Gasteiger partial charge in [-0.1, -0.05) is 15.9 Å². The van der Waals surface area contributed by atoms with E-state index in [2.05, 4.69) is 22.0 Å². The molecule has 1 atom stereocenters. The molecule has 3 rings (SSSR count). The number of hydrogen-bond donors (Lipinski definition) is 1. The van der Waals surface area contributed by atoms with Crippen LogP contribution >= 0.6 is 15.9 Å². The molecule has 1 fully saturated rings. The van der Waals surface area contributed by atoms with Crippen LogP contribution in [-0.2, 0) is 16.0 Å². The van der Waals surface area contributed by atoms with E-state index < -0.39 is 6.04 Å². The van der Waals surface area contributed by atoms with Crippen molar-refractivity contribution in [3.05, 3.63) is 28.2 Å². The van der Waals surface area contributed by atoms with Crippen LogP contribution in [0.15, 0.2) is 22.7 Å². The van der Waals surface area contributed by atoms with Crippen LogP contribution in [0.3, 0.4) is 0 Å². The third kappa shape index (κ3) is 2.62. The SMILES string of the molecule is NC(C(=O)N1CCc2cc(Br)ccc21)C1CCOCC1. The lowest BCUT2D eigenvalue weighted by Gasteiger charge is -2.30. The highest BCUT2D eigenvalue weighted by Crippen LogP contribution is 2.32. The van der Waals surface area contributed by atoms with Crippen LogP contribution < -0.4 is 10.6 Å². The Kier molecular flexibility index (Phi) is 4.10. The highest BCUT2D eigenvalue weighted by Gasteiger charge is 2.33. The average Bonchev–Trinajstić information content (AvgIpc) is 2.89. The van der Waals surface area contributed by atoms with Gasteiger partial charge in [0.25, 0.3) is 0 Å². The predicted molar refractivity (Wildman–Crippen MR) is 81.7 cm³/mol. The van der Waals surface area contributed by atoms with Gasteiger partial charge in [0.2, 0.25) is 5.91 Å². The molecular formula is C15H19BrN2O2. The number of halogens is 1. The lowest BCUT2D eigenvalue weighted by Crippen LogP contribution is -2.48. The summed E-state index contributed by atoms with van der Waals surface area (Å²) < 4.78 is 6.39. The van der Waals surface area contributed by atoms with Crippen molar-refractivity contribution in [2.45, 2.75) is 25.3 Å². The van der Waals surface area contributed by atoms with E-state index in [1.165, 1.54) is 5.56 Å². The zero-order chi connectivity index (χ0) is 14.1. The molecule has 1 saturated heterocycles. The standard InChI is InChI=1S/C15H19BrN2O2/c16-12-1-2-13-11(9-12)3-6-18(13)15(19)14(17)10-4-7-20-8-5-10/h1-2,9-10,14H,3-8,17H2. The first-order chi connectivity index (χ1) is 9.66. The maximum Gasteiger partial charge on any atom is 0.244 e. The fourth-order valence-corrected chi connectivity index (χ4v) is 3.46. The molecule has 0 bridgehead atoms. The van der Waals surface area contributed by atoms with Crippen molar-refractivity contribution in [3.63, 3.8) is 0 Å². The van der Waals surface area contributed by atoms with Gasteiger partial charge in [0.15, 0.2) is 0 Å². The van der Waals surface area contributed by atoms with E-state index in [0.717, 1.165) is 49.2 Å². The first-order valence-corrected chi connectivity index (χ1v) is 7.89. The fourth-order valence-electron chi connectivity index (χ4n) is 3.06. The topological polar surface area (TPSA) is 55.6 Å². The number of ether oxygens (including phenoxy) is 1. The van der Waals surface area contributed by atoms with Gasteiger partial charge in [-0.3, -0.25) is 4.79 Å². The van der Waals surface area contributed by atoms with Crippen molar-refractivity contribution in [2.24, 2.45) is 11.7 Å². The molecule has 1 aromatic carbocycles. The van der Waals surface area contributed by atoms with Gasteiger partial charge in [0.1, 0.15) is 0 Å². The Morgan fingerprint density at radius 3 is 2.90 bits per heavy atom. The number of rotatable bonds is 2. The smallest absolute Gasteiger partial charge is 0.244 e. The van der Waals surface area contributed by atoms with Crippen LogP contribution in [-0.4, -0.2) is 31.7 Å². The highest BCUT2D eigenvalue weighted by atomic mass is 79.9. The molecule has 0 saturated carbocycles. The number of carbonyl (C=O) groups is 1. The number of nitrogens with zero attached hydrogens (tertiary/aromatic N) is 1. The Morgan fingerprint density at radius 2 is 2.15 bits per heavy atom. The maximum atomic E-state index is 12.6. The molecule has 2 aliphatic heterocycles. The third-order valence-electron chi connectivity index (χ3n) is 4.26. The Bertz CT molecular complexity index is 515. The van der Waals surface area contributed by atoms with Crippen LogP contribution in [0.25, 0.3) is 0 Å². The summed E-state index contributed by atoms with van der Waals surface area (Å²) in [5.41, 5.74) is 8.43. The van der Waals surface area contributed by atoms with Crippen LogP contribution in [0, 0.1) is 5.92 Å². The summed E-state index contributed by atoms with van der Waals surface area (Å²) in [5.74, 6) is 0.300. The number of anilines is 1. The number of benzene rings is 1. The molecule has 108 valence electrons. The van der Waals surface area contributed by atoms with Crippen molar-refractivity contribution in [3.8, 4) is 0 Å². The van der Waals surface area contributed by atoms with E-state index in [-0.39, 0.29) is 11.8 Å². The van der Waals surface area contributed by atoms with Gasteiger partial charge in [-0.15, -0.1) is 0 Å². The summed E-state index contributed by atoms with van der Waals surface area (Å²) in [4.78, 5) is 14.5. The van der Waals surface area contributed by atoms with Gasteiger partial charge >= 0.3 is 0 Å². The molecule has 20 heavy (non-hydrogen) atoms. The van der Waals surface area contributed by atoms with Gasteiger partial charge < -0.3 is 15.4 Å². The number of carbonyl (C=O) groups excluding carboxylic acids is 1. The largest absolute Gasteiger partial charge is 0.381 e. The predicted octanol–water partition coefficient (Wildman–Crippen LogP) is 2.09. The molecule has 1 unspecified atom stereocenters. The first kappa shape index (κ1) is 14.0. The van der Waals surface area contributed by atoms with Crippen molar-refractivity contribution in [2.75, 3.05) is 24.7 Å². The second kappa shape index (κ2) is 5.84. The summed E-state index contributed by atoms with van der Waals surface area (Å²) >= 11 is 3.47. The minimum absolute atomic E-state index is 0.0537. The fraction of sp³-hybridized carbons (Fsp3) is 0.533. The average molecular weight is 339 g/mol. The molecular weight excluding hydrogens is 320 g/mol. The minimum atomic E-state index is -0.409. The zero-order valence-corrected chi connectivity index (χ0v) is 12.9. The second-order valence-corrected chi connectivity index (χ2v) is 6.40. The third-order valence-corrected chi connectivity index (χ3v) is 4.76.